The van der Waals surface area contributed by atoms with Crippen LogP contribution in [0.3, 0.4) is 0 Å². The minimum atomic E-state index is -2.38. The minimum Gasteiger partial charge on any atom is -0.486 e. The monoisotopic (exact) mass is 355 g/mol. The van der Waals surface area contributed by atoms with Crippen LogP contribution in [-0.2, 0) is 12.3 Å². The van der Waals surface area contributed by atoms with Crippen LogP contribution < -0.4 is 14.8 Å². The molecule has 1 aromatic heterocycles. The van der Waals surface area contributed by atoms with E-state index in [2.05, 4.69) is 5.32 Å². The number of hydrogen-bond acceptors (Lipinski definition) is 5. The Morgan fingerprint density at radius 2 is 1.83 bits per heavy atom. The van der Waals surface area contributed by atoms with Gasteiger partial charge in [0.2, 0.25) is 0 Å². The van der Waals surface area contributed by atoms with Gasteiger partial charge in [-0.25, -0.2) is 0 Å². The van der Waals surface area contributed by atoms with Crippen molar-refractivity contribution in [2.45, 2.75) is 31.0 Å². The van der Waals surface area contributed by atoms with Gasteiger partial charge in [0.25, 0.3) is 5.76 Å². The average Bonchev–Trinajstić information content (AvgIpc) is 3.05. The van der Waals surface area contributed by atoms with Gasteiger partial charge in [-0.3, -0.25) is 0 Å². The van der Waals surface area contributed by atoms with Crippen LogP contribution in [0, 0.1) is 0 Å². The molecular weight excluding hydrogens is 336 g/mol. The van der Waals surface area contributed by atoms with E-state index in [1.807, 2.05) is 31.2 Å². The number of benzene rings is 1. The summed E-state index contributed by atoms with van der Waals surface area (Å²) in [5.74, 6) is 0.608. The van der Waals surface area contributed by atoms with Crippen LogP contribution in [0.1, 0.15) is 30.0 Å². The highest BCUT2D eigenvalue weighted by atomic mass is 32.2. The third-order valence-electron chi connectivity index (χ3n) is 3.72. The van der Waals surface area contributed by atoms with Gasteiger partial charge in [-0.15, -0.1) is 0 Å². The quantitative estimate of drug-likeness (QED) is 0.799. The molecule has 130 valence electrons. The summed E-state index contributed by atoms with van der Waals surface area (Å²) in [5, 5.41) is 3.36. The SMILES string of the molecule is CC(NCc1ccc(CSC(F)F)o1)c1ccc2c(c1)OCCO2. The molecule has 0 fully saturated rings. The Balaban J connectivity index is 1.54. The largest absolute Gasteiger partial charge is 0.486 e. The van der Waals surface area contributed by atoms with Crippen molar-refractivity contribution in [2.75, 3.05) is 13.2 Å². The van der Waals surface area contributed by atoms with E-state index in [1.165, 1.54) is 0 Å². The molecule has 24 heavy (non-hydrogen) atoms. The lowest BCUT2D eigenvalue weighted by Crippen LogP contribution is -2.19. The maximum absolute atomic E-state index is 12.2. The second kappa shape index (κ2) is 7.90. The standard InChI is InChI=1S/C17H19F2NO3S/c1-11(12-2-5-15-16(8-12)22-7-6-21-15)20-9-13-3-4-14(23-13)10-24-17(18)19/h2-5,8,11,17,20H,6-7,9-10H2,1H3. The van der Waals surface area contributed by atoms with Crippen LogP contribution in [0.5, 0.6) is 11.5 Å². The summed E-state index contributed by atoms with van der Waals surface area (Å²) in [6.45, 7) is 3.70. The summed E-state index contributed by atoms with van der Waals surface area (Å²) >= 11 is 0.559. The van der Waals surface area contributed by atoms with Gasteiger partial charge >= 0.3 is 0 Å². The van der Waals surface area contributed by atoms with E-state index in [9.17, 15) is 8.78 Å². The number of nitrogens with one attached hydrogen (secondary N) is 1. The van der Waals surface area contributed by atoms with E-state index in [0.29, 0.717) is 37.3 Å². The number of alkyl halides is 2. The fraction of sp³-hybridized carbons (Fsp3) is 0.412. The highest BCUT2D eigenvalue weighted by Gasteiger charge is 2.15. The first-order valence-corrected chi connectivity index (χ1v) is 8.77. The topological polar surface area (TPSA) is 43.6 Å². The van der Waals surface area contributed by atoms with Gasteiger partial charge in [0.05, 0.1) is 12.3 Å². The normalized spacial score (nSPS) is 14.8. The average molecular weight is 355 g/mol. The second-order valence-electron chi connectivity index (χ2n) is 5.45. The maximum atomic E-state index is 12.2. The third kappa shape index (κ3) is 4.42. The fourth-order valence-electron chi connectivity index (χ4n) is 2.44. The Hall–Kier alpha value is -1.73. The number of halogens is 2. The molecule has 1 aromatic carbocycles. The first-order valence-electron chi connectivity index (χ1n) is 7.72. The lowest BCUT2D eigenvalue weighted by molar-refractivity contribution is 0.171. The Morgan fingerprint density at radius 1 is 1.08 bits per heavy atom. The van der Waals surface area contributed by atoms with E-state index < -0.39 is 5.76 Å². The van der Waals surface area contributed by atoms with E-state index >= 15 is 0 Å². The van der Waals surface area contributed by atoms with Crippen molar-refractivity contribution in [3.63, 3.8) is 0 Å². The van der Waals surface area contributed by atoms with Gasteiger partial charge in [0.15, 0.2) is 11.5 Å². The third-order valence-corrected chi connectivity index (χ3v) is 4.42. The molecule has 1 aliphatic rings. The summed E-state index contributed by atoms with van der Waals surface area (Å²) in [4.78, 5) is 0. The number of hydrogen-bond donors (Lipinski definition) is 1. The lowest BCUT2D eigenvalue weighted by Gasteiger charge is -2.21. The highest BCUT2D eigenvalue weighted by Crippen LogP contribution is 2.32. The Kier molecular flexibility index (Phi) is 5.63. The fourth-order valence-corrected chi connectivity index (χ4v) is 2.89. The number of ether oxygens (including phenoxy) is 2. The van der Waals surface area contributed by atoms with Crippen LogP contribution in [0.25, 0.3) is 0 Å². The molecule has 3 rings (SSSR count). The highest BCUT2D eigenvalue weighted by molar-refractivity contribution is 7.98. The molecule has 1 unspecified atom stereocenters. The van der Waals surface area contributed by atoms with E-state index in [4.69, 9.17) is 13.9 Å². The molecule has 2 heterocycles. The smallest absolute Gasteiger partial charge is 0.284 e. The Labute approximate surface area is 143 Å². The molecule has 0 saturated heterocycles. The van der Waals surface area contributed by atoms with Gasteiger partial charge < -0.3 is 19.2 Å². The molecule has 1 aliphatic heterocycles. The van der Waals surface area contributed by atoms with Crippen LogP contribution >= 0.6 is 11.8 Å². The van der Waals surface area contributed by atoms with Crippen LogP contribution in [0.4, 0.5) is 8.78 Å². The Bertz CT molecular complexity index is 678. The van der Waals surface area contributed by atoms with E-state index in [0.717, 1.165) is 22.8 Å². The van der Waals surface area contributed by atoms with Crippen LogP contribution in [-0.4, -0.2) is 19.0 Å². The van der Waals surface area contributed by atoms with E-state index in [1.54, 1.807) is 6.07 Å². The molecule has 0 spiro atoms. The van der Waals surface area contributed by atoms with Crippen molar-refractivity contribution in [1.29, 1.82) is 0 Å². The number of fused-ring (bicyclic) bond motifs is 1. The summed E-state index contributed by atoms with van der Waals surface area (Å²) in [5.41, 5.74) is 1.08. The first-order chi connectivity index (χ1) is 11.6. The molecule has 1 N–H and O–H groups in total. The summed E-state index contributed by atoms with van der Waals surface area (Å²) in [6, 6.07) is 9.52. The van der Waals surface area contributed by atoms with Crippen molar-refractivity contribution < 1.29 is 22.7 Å². The summed E-state index contributed by atoms with van der Waals surface area (Å²) in [6.07, 6.45) is 0. The van der Waals surface area contributed by atoms with E-state index in [-0.39, 0.29) is 11.8 Å². The van der Waals surface area contributed by atoms with Gasteiger partial charge in [-0.1, -0.05) is 17.8 Å². The lowest BCUT2D eigenvalue weighted by atomic mass is 10.1. The van der Waals surface area contributed by atoms with Crippen molar-refractivity contribution in [2.24, 2.45) is 0 Å². The zero-order valence-corrected chi connectivity index (χ0v) is 14.1. The molecule has 0 amide bonds. The van der Waals surface area contributed by atoms with Gasteiger partial charge in [-0.2, -0.15) is 8.78 Å². The number of thioether (sulfide) groups is 1. The molecule has 4 nitrogen and oxygen atoms in total. The van der Waals surface area contributed by atoms with Crippen LogP contribution in [0.15, 0.2) is 34.7 Å². The molecule has 7 heteroatoms. The predicted molar refractivity (Wildman–Crippen MR) is 88.7 cm³/mol. The molecule has 0 bridgehead atoms. The van der Waals surface area contributed by atoms with Gasteiger partial charge in [0, 0.05) is 6.04 Å². The summed E-state index contributed by atoms with van der Waals surface area (Å²) in [7, 11) is 0. The molecule has 2 aromatic rings. The number of furan rings is 1. The van der Waals surface area contributed by atoms with Gasteiger partial charge in [0.1, 0.15) is 24.7 Å². The number of rotatable bonds is 7. The summed E-state index contributed by atoms with van der Waals surface area (Å²) < 4.78 is 41.0. The molecule has 0 saturated carbocycles. The molecule has 0 radical (unpaired) electrons. The predicted octanol–water partition coefficient (Wildman–Crippen LogP) is 4.36. The molecular formula is C17H19F2NO3S. The van der Waals surface area contributed by atoms with Crippen molar-refractivity contribution in [3.8, 4) is 11.5 Å². The first kappa shape index (κ1) is 17.1. The van der Waals surface area contributed by atoms with Crippen molar-refractivity contribution >= 4 is 11.8 Å². The molecule has 1 atom stereocenters. The minimum absolute atomic E-state index is 0.0878. The zero-order chi connectivity index (χ0) is 16.9. The van der Waals surface area contributed by atoms with Crippen molar-refractivity contribution in [1.82, 2.24) is 5.32 Å². The zero-order valence-electron chi connectivity index (χ0n) is 13.3. The second-order valence-corrected chi connectivity index (χ2v) is 6.42. The van der Waals surface area contributed by atoms with Crippen molar-refractivity contribution in [3.05, 3.63) is 47.4 Å². The molecule has 0 aliphatic carbocycles. The van der Waals surface area contributed by atoms with Gasteiger partial charge in [-0.05, 0) is 36.8 Å². The van der Waals surface area contributed by atoms with Crippen LogP contribution in [0.2, 0.25) is 0 Å². The maximum Gasteiger partial charge on any atom is 0.284 e. The Morgan fingerprint density at radius 3 is 2.62 bits per heavy atom.